The van der Waals surface area contributed by atoms with Crippen molar-refractivity contribution in [1.82, 2.24) is 19.2 Å². The van der Waals surface area contributed by atoms with Gasteiger partial charge in [0, 0.05) is 17.3 Å². The molecule has 8 nitrogen and oxygen atoms in total. The van der Waals surface area contributed by atoms with Gasteiger partial charge in [0.15, 0.2) is 5.65 Å². The number of para-hydroxylation sites is 2. The normalized spacial score (nSPS) is 10.9. The monoisotopic (exact) mass is 403 g/mol. The molecule has 0 aliphatic carbocycles. The molecule has 0 spiro atoms. The Hall–Kier alpha value is -3.94. The van der Waals surface area contributed by atoms with Gasteiger partial charge in [0.2, 0.25) is 5.91 Å². The van der Waals surface area contributed by atoms with E-state index in [4.69, 9.17) is 4.74 Å². The highest BCUT2D eigenvalue weighted by atomic mass is 16.5. The number of hydrogen-bond acceptors (Lipinski definition) is 5. The Morgan fingerprint density at radius 3 is 2.60 bits per heavy atom. The SMILES string of the molecule is CCOc1ccccc1NC(=O)Cn1nc2cc(C)nc(-c3ccccc3)n2c1=O. The largest absolute Gasteiger partial charge is 0.492 e. The van der Waals surface area contributed by atoms with Crippen LogP contribution in [-0.2, 0) is 11.3 Å². The van der Waals surface area contributed by atoms with Gasteiger partial charge in [0.25, 0.3) is 0 Å². The maximum Gasteiger partial charge on any atom is 0.352 e. The first kappa shape index (κ1) is 19.4. The average molecular weight is 403 g/mol. The van der Waals surface area contributed by atoms with Crippen LogP contribution in [0.15, 0.2) is 65.5 Å². The first-order chi connectivity index (χ1) is 14.6. The number of nitrogens with zero attached hydrogens (tertiary/aromatic N) is 4. The Morgan fingerprint density at radius 2 is 1.83 bits per heavy atom. The summed E-state index contributed by atoms with van der Waals surface area (Å²) in [7, 11) is 0. The third-order valence-corrected chi connectivity index (χ3v) is 4.48. The molecule has 4 rings (SSSR count). The third-order valence-electron chi connectivity index (χ3n) is 4.48. The molecule has 0 saturated heterocycles. The topological polar surface area (TPSA) is 90.5 Å². The smallest absolute Gasteiger partial charge is 0.352 e. The Labute approximate surface area is 172 Å². The zero-order valence-corrected chi connectivity index (χ0v) is 16.7. The lowest BCUT2D eigenvalue weighted by atomic mass is 10.2. The number of fused-ring (bicyclic) bond motifs is 1. The number of benzene rings is 2. The van der Waals surface area contributed by atoms with E-state index in [1.807, 2.05) is 50.2 Å². The molecule has 0 atom stereocenters. The van der Waals surface area contributed by atoms with E-state index >= 15 is 0 Å². The van der Waals surface area contributed by atoms with Crippen molar-refractivity contribution in [3.63, 3.8) is 0 Å². The number of rotatable bonds is 6. The minimum Gasteiger partial charge on any atom is -0.492 e. The van der Waals surface area contributed by atoms with E-state index in [0.717, 1.165) is 15.9 Å². The van der Waals surface area contributed by atoms with Crippen molar-refractivity contribution >= 4 is 17.2 Å². The second kappa shape index (κ2) is 8.20. The van der Waals surface area contributed by atoms with Crippen LogP contribution < -0.4 is 15.7 Å². The average Bonchev–Trinajstić information content (AvgIpc) is 3.04. The van der Waals surface area contributed by atoms with E-state index in [-0.39, 0.29) is 12.5 Å². The van der Waals surface area contributed by atoms with Gasteiger partial charge < -0.3 is 10.1 Å². The van der Waals surface area contributed by atoms with Crippen molar-refractivity contribution < 1.29 is 9.53 Å². The van der Waals surface area contributed by atoms with Crippen LogP contribution in [0.4, 0.5) is 5.69 Å². The Morgan fingerprint density at radius 1 is 1.10 bits per heavy atom. The molecular weight excluding hydrogens is 382 g/mol. The van der Waals surface area contributed by atoms with Gasteiger partial charge in [-0.25, -0.2) is 18.9 Å². The van der Waals surface area contributed by atoms with Gasteiger partial charge in [-0.2, -0.15) is 0 Å². The number of carbonyl (C=O) groups is 1. The lowest BCUT2D eigenvalue weighted by molar-refractivity contribution is -0.117. The zero-order valence-electron chi connectivity index (χ0n) is 16.7. The lowest BCUT2D eigenvalue weighted by Crippen LogP contribution is -2.29. The summed E-state index contributed by atoms with van der Waals surface area (Å²) in [6.07, 6.45) is 0. The van der Waals surface area contributed by atoms with Crippen molar-refractivity contribution in [2.75, 3.05) is 11.9 Å². The molecule has 0 fully saturated rings. The van der Waals surface area contributed by atoms with Crippen LogP contribution in [0.1, 0.15) is 12.6 Å². The summed E-state index contributed by atoms with van der Waals surface area (Å²) in [5, 5.41) is 7.12. The molecule has 8 heteroatoms. The first-order valence-corrected chi connectivity index (χ1v) is 9.61. The van der Waals surface area contributed by atoms with Crippen LogP contribution in [0.3, 0.4) is 0 Å². The van der Waals surface area contributed by atoms with E-state index in [1.54, 1.807) is 24.3 Å². The molecule has 1 N–H and O–H groups in total. The standard InChI is InChI=1S/C22H21N5O3/c1-3-30-18-12-8-7-11-17(18)24-20(28)14-26-22(29)27-19(25-26)13-15(2)23-21(27)16-9-5-4-6-10-16/h4-13H,3,14H2,1-2H3,(H,24,28). The number of carbonyl (C=O) groups excluding carboxylic acids is 1. The Balaban J connectivity index is 1.67. The molecule has 0 unspecified atom stereocenters. The molecule has 0 radical (unpaired) electrons. The summed E-state index contributed by atoms with van der Waals surface area (Å²) in [6, 6.07) is 18.3. The molecule has 152 valence electrons. The Bertz CT molecular complexity index is 1260. The molecule has 0 saturated carbocycles. The summed E-state index contributed by atoms with van der Waals surface area (Å²) >= 11 is 0. The summed E-state index contributed by atoms with van der Waals surface area (Å²) < 4.78 is 8.09. The molecule has 30 heavy (non-hydrogen) atoms. The predicted octanol–water partition coefficient (Wildman–Crippen LogP) is 2.90. The van der Waals surface area contributed by atoms with Gasteiger partial charge in [-0.3, -0.25) is 4.79 Å². The molecule has 2 aromatic heterocycles. The highest BCUT2D eigenvalue weighted by Crippen LogP contribution is 2.23. The Kier molecular flexibility index (Phi) is 5.30. The molecule has 0 bridgehead atoms. The number of amides is 1. The number of nitrogens with one attached hydrogen (secondary N) is 1. The molecule has 0 aliphatic heterocycles. The number of anilines is 1. The van der Waals surface area contributed by atoms with Crippen molar-refractivity contribution in [3.05, 3.63) is 76.8 Å². The number of hydrogen-bond donors (Lipinski definition) is 1. The second-order valence-corrected chi connectivity index (χ2v) is 6.70. The van der Waals surface area contributed by atoms with Gasteiger partial charge in [0.05, 0.1) is 12.3 Å². The van der Waals surface area contributed by atoms with E-state index < -0.39 is 5.69 Å². The van der Waals surface area contributed by atoms with Gasteiger partial charge in [-0.1, -0.05) is 42.5 Å². The summed E-state index contributed by atoms with van der Waals surface area (Å²) in [5.41, 5.74) is 2.08. The molecule has 2 aromatic carbocycles. The van der Waals surface area contributed by atoms with Gasteiger partial charge in [-0.05, 0) is 26.0 Å². The number of ether oxygens (including phenoxy) is 1. The van der Waals surface area contributed by atoms with E-state index in [0.29, 0.717) is 29.5 Å². The first-order valence-electron chi connectivity index (χ1n) is 9.61. The van der Waals surface area contributed by atoms with Gasteiger partial charge >= 0.3 is 5.69 Å². The molecule has 2 heterocycles. The van der Waals surface area contributed by atoms with Crippen LogP contribution in [-0.4, -0.2) is 31.7 Å². The lowest BCUT2D eigenvalue weighted by Gasteiger charge is -2.10. The van der Waals surface area contributed by atoms with Crippen molar-refractivity contribution in [3.8, 4) is 17.1 Å². The highest BCUT2D eigenvalue weighted by Gasteiger charge is 2.16. The van der Waals surface area contributed by atoms with Crippen LogP contribution in [0.2, 0.25) is 0 Å². The summed E-state index contributed by atoms with van der Waals surface area (Å²) in [4.78, 5) is 30.1. The second-order valence-electron chi connectivity index (χ2n) is 6.70. The fraction of sp³-hybridized carbons (Fsp3) is 0.182. The van der Waals surface area contributed by atoms with E-state index in [1.165, 1.54) is 4.40 Å². The quantitative estimate of drug-likeness (QED) is 0.535. The van der Waals surface area contributed by atoms with E-state index in [9.17, 15) is 9.59 Å². The van der Waals surface area contributed by atoms with Crippen molar-refractivity contribution in [1.29, 1.82) is 0 Å². The predicted molar refractivity (Wildman–Crippen MR) is 114 cm³/mol. The molecule has 4 aromatic rings. The maximum absolute atomic E-state index is 13.0. The van der Waals surface area contributed by atoms with Crippen LogP contribution in [0, 0.1) is 6.92 Å². The fourth-order valence-corrected chi connectivity index (χ4v) is 3.21. The number of aryl methyl sites for hydroxylation is 1. The van der Waals surface area contributed by atoms with Crippen molar-refractivity contribution in [2.45, 2.75) is 20.4 Å². The minimum absolute atomic E-state index is 0.228. The fourth-order valence-electron chi connectivity index (χ4n) is 3.21. The van der Waals surface area contributed by atoms with Crippen LogP contribution >= 0.6 is 0 Å². The van der Waals surface area contributed by atoms with Crippen molar-refractivity contribution in [2.24, 2.45) is 0 Å². The third kappa shape index (κ3) is 3.80. The minimum atomic E-state index is -0.426. The van der Waals surface area contributed by atoms with E-state index in [2.05, 4.69) is 15.4 Å². The summed E-state index contributed by atoms with van der Waals surface area (Å²) in [5.74, 6) is 0.685. The maximum atomic E-state index is 13.0. The molecule has 0 aliphatic rings. The zero-order chi connectivity index (χ0) is 21.1. The molecule has 1 amide bonds. The number of aromatic nitrogens is 4. The van der Waals surface area contributed by atoms with Gasteiger partial charge in [0.1, 0.15) is 18.1 Å². The van der Waals surface area contributed by atoms with Gasteiger partial charge in [-0.15, -0.1) is 5.10 Å². The highest BCUT2D eigenvalue weighted by molar-refractivity contribution is 5.92. The van der Waals surface area contributed by atoms with Crippen LogP contribution in [0.25, 0.3) is 17.0 Å². The molecular formula is C22H21N5O3. The van der Waals surface area contributed by atoms with Crippen LogP contribution in [0.5, 0.6) is 5.75 Å². The summed E-state index contributed by atoms with van der Waals surface area (Å²) in [6.45, 7) is 3.96.